The number of hydrogen-bond acceptors (Lipinski definition) is 4. The SMILES string of the molecule is CCn1c(SCC(=O)Nc2ccc(C(C)C)cc2)nnc1-c1ccc(Cl)cc1Cl. The fourth-order valence-corrected chi connectivity index (χ4v) is 4.12. The first kappa shape index (κ1) is 21.7. The molecule has 0 aliphatic heterocycles. The second kappa shape index (κ2) is 9.65. The van der Waals surface area contributed by atoms with Gasteiger partial charge in [0.25, 0.3) is 0 Å². The van der Waals surface area contributed by atoms with Gasteiger partial charge in [0, 0.05) is 22.8 Å². The van der Waals surface area contributed by atoms with Crippen LogP contribution in [0.5, 0.6) is 0 Å². The minimum Gasteiger partial charge on any atom is -0.325 e. The van der Waals surface area contributed by atoms with Gasteiger partial charge >= 0.3 is 0 Å². The van der Waals surface area contributed by atoms with Crippen molar-refractivity contribution in [1.82, 2.24) is 14.8 Å². The Morgan fingerprint density at radius 1 is 1.14 bits per heavy atom. The molecule has 1 aromatic heterocycles. The molecule has 0 aliphatic carbocycles. The van der Waals surface area contributed by atoms with Gasteiger partial charge in [0.15, 0.2) is 11.0 Å². The standard InChI is InChI=1S/C21H22Cl2N4OS/c1-4-27-20(17-10-7-15(22)11-18(17)23)25-26-21(27)29-12-19(28)24-16-8-5-14(6-9-16)13(2)3/h5-11,13H,4,12H2,1-3H3,(H,24,28). The highest BCUT2D eigenvalue weighted by atomic mass is 35.5. The van der Waals surface area contributed by atoms with Crippen LogP contribution in [0, 0.1) is 0 Å². The smallest absolute Gasteiger partial charge is 0.234 e. The van der Waals surface area contributed by atoms with E-state index in [2.05, 4.69) is 29.4 Å². The molecule has 1 heterocycles. The van der Waals surface area contributed by atoms with Crippen LogP contribution in [0.25, 0.3) is 11.4 Å². The van der Waals surface area contributed by atoms with Crippen molar-refractivity contribution in [2.45, 2.75) is 38.4 Å². The largest absolute Gasteiger partial charge is 0.325 e. The van der Waals surface area contributed by atoms with Gasteiger partial charge in [-0.3, -0.25) is 4.79 Å². The molecule has 0 spiro atoms. The molecule has 0 radical (unpaired) electrons. The zero-order chi connectivity index (χ0) is 21.0. The Hall–Kier alpha value is -2.02. The Balaban J connectivity index is 1.67. The van der Waals surface area contributed by atoms with Crippen LogP contribution in [0.4, 0.5) is 5.69 Å². The molecule has 0 fully saturated rings. The number of carbonyl (C=O) groups excluding carboxylic acids is 1. The highest BCUT2D eigenvalue weighted by Gasteiger charge is 2.17. The third-order valence-electron chi connectivity index (χ3n) is 4.40. The first-order valence-electron chi connectivity index (χ1n) is 9.30. The number of nitrogens with zero attached hydrogens (tertiary/aromatic N) is 3. The van der Waals surface area contributed by atoms with Gasteiger partial charge in [-0.1, -0.05) is 60.9 Å². The minimum atomic E-state index is -0.0935. The monoisotopic (exact) mass is 448 g/mol. The first-order valence-corrected chi connectivity index (χ1v) is 11.0. The topological polar surface area (TPSA) is 59.8 Å². The molecule has 0 atom stereocenters. The normalized spacial score (nSPS) is 11.1. The van der Waals surface area contributed by atoms with Crippen molar-refractivity contribution in [3.8, 4) is 11.4 Å². The maximum absolute atomic E-state index is 12.3. The van der Waals surface area contributed by atoms with Gasteiger partial charge in [-0.05, 0) is 48.7 Å². The molecular formula is C21H22Cl2N4OS. The maximum Gasteiger partial charge on any atom is 0.234 e. The van der Waals surface area contributed by atoms with Crippen molar-refractivity contribution >= 4 is 46.6 Å². The summed E-state index contributed by atoms with van der Waals surface area (Å²) in [6.45, 7) is 6.93. The second-order valence-corrected chi connectivity index (χ2v) is 8.57. The fraction of sp³-hybridized carbons (Fsp3) is 0.286. The first-order chi connectivity index (χ1) is 13.9. The molecular weight excluding hydrogens is 427 g/mol. The zero-order valence-corrected chi connectivity index (χ0v) is 18.8. The van der Waals surface area contributed by atoms with E-state index in [9.17, 15) is 4.79 Å². The number of benzene rings is 2. The van der Waals surface area contributed by atoms with E-state index in [0.29, 0.717) is 33.5 Å². The minimum absolute atomic E-state index is 0.0935. The molecule has 8 heteroatoms. The number of carbonyl (C=O) groups is 1. The predicted molar refractivity (Wildman–Crippen MR) is 121 cm³/mol. The second-order valence-electron chi connectivity index (χ2n) is 6.79. The number of nitrogens with one attached hydrogen (secondary N) is 1. The van der Waals surface area contributed by atoms with Crippen LogP contribution in [-0.4, -0.2) is 26.4 Å². The predicted octanol–water partition coefficient (Wildman–Crippen LogP) is 6.13. The van der Waals surface area contributed by atoms with E-state index in [4.69, 9.17) is 23.2 Å². The Morgan fingerprint density at radius 2 is 1.86 bits per heavy atom. The Bertz CT molecular complexity index is 1000. The molecule has 3 rings (SSSR count). The highest BCUT2D eigenvalue weighted by molar-refractivity contribution is 7.99. The maximum atomic E-state index is 12.3. The van der Waals surface area contributed by atoms with E-state index >= 15 is 0 Å². The molecule has 0 saturated carbocycles. The summed E-state index contributed by atoms with van der Waals surface area (Å²) in [5.41, 5.74) is 2.78. The van der Waals surface area contributed by atoms with Crippen LogP contribution in [0.15, 0.2) is 47.6 Å². The summed E-state index contributed by atoms with van der Waals surface area (Å²) in [5, 5.41) is 13.2. The number of halogens is 2. The van der Waals surface area contributed by atoms with E-state index in [-0.39, 0.29) is 11.7 Å². The molecule has 1 amide bonds. The number of anilines is 1. The quantitative estimate of drug-likeness (QED) is 0.441. The lowest BCUT2D eigenvalue weighted by Gasteiger charge is -2.10. The summed E-state index contributed by atoms with van der Waals surface area (Å²) in [7, 11) is 0. The molecule has 29 heavy (non-hydrogen) atoms. The molecule has 0 saturated heterocycles. The Morgan fingerprint density at radius 3 is 2.48 bits per heavy atom. The van der Waals surface area contributed by atoms with Crippen LogP contribution in [-0.2, 0) is 11.3 Å². The lowest BCUT2D eigenvalue weighted by Crippen LogP contribution is -2.14. The summed E-state index contributed by atoms with van der Waals surface area (Å²) in [4.78, 5) is 12.3. The highest BCUT2D eigenvalue weighted by Crippen LogP contribution is 2.31. The average Bonchev–Trinajstić information content (AvgIpc) is 3.09. The van der Waals surface area contributed by atoms with Crippen LogP contribution >= 0.6 is 35.0 Å². The third kappa shape index (κ3) is 5.32. The van der Waals surface area contributed by atoms with Gasteiger partial charge in [-0.15, -0.1) is 10.2 Å². The lowest BCUT2D eigenvalue weighted by atomic mass is 10.0. The van der Waals surface area contributed by atoms with Crippen molar-refractivity contribution in [2.24, 2.45) is 0 Å². The van der Waals surface area contributed by atoms with Crippen molar-refractivity contribution in [3.05, 3.63) is 58.1 Å². The van der Waals surface area contributed by atoms with E-state index in [1.54, 1.807) is 12.1 Å². The summed E-state index contributed by atoms with van der Waals surface area (Å²) in [5.74, 6) is 1.25. The molecule has 0 bridgehead atoms. The number of amides is 1. The van der Waals surface area contributed by atoms with Crippen molar-refractivity contribution in [1.29, 1.82) is 0 Å². The molecule has 2 aromatic carbocycles. The zero-order valence-electron chi connectivity index (χ0n) is 16.4. The Kier molecular flexibility index (Phi) is 7.22. The van der Waals surface area contributed by atoms with Crippen LogP contribution in [0.1, 0.15) is 32.3 Å². The summed E-state index contributed by atoms with van der Waals surface area (Å²) in [6.07, 6.45) is 0. The van der Waals surface area contributed by atoms with E-state index in [0.717, 1.165) is 11.3 Å². The Labute approximate surface area is 184 Å². The van der Waals surface area contributed by atoms with Gasteiger partial charge in [0.2, 0.25) is 5.91 Å². The van der Waals surface area contributed by atoms with E-state index < -0.39 is 0 Å². The molecule has 0 aliphatic rings. The van der Waals surface area contributed by atoms with Gasteiger partial charge in [-0.2, -0.15) is 0 Å². The molecule has 1 N–H and O–H groups in total. The van der Waals surface area contributed by atoms with Gasteiger partial charge in [0.1, 0.15) is 0 Å². The lowest BCUT2D eigenvalue weighted by molar-refractivity contribution is -0.113. The molecule has 152 valence electrons. The van der Waals surface area contributed by atoms with Crippen molar-refractivity contribution in [3.63, 3.8) is 0 Å². The number of hydrogen-bond donors (Lipinski definition) is 1. The fourth-order valence-electron chi connectivity index (χ4n) is 2.83. The van der Waals surface area contributed by atoms with Gasteiger partial charge in [0.05, 0.1) is 10.8 Å². The molecule has 0 unspecified atom stereocenters. The van der Waals surface area contributed by atoms with Crippen LogP contribution in [0.2, 0.25) is 10.0 Å². The van der Waals surface area contributed by atoms with E-state index in [1.165, 1.54) is 17.3 Å². The summed E-state index contributed by atoms with van der Waals surface area (Å²) in [6, 6.07) is 13.2. The number of rotatable bonds is 7. The average molecular weight is 449 g/mol. The van der Waals surface area contributed by atoms with Gasteiger partial charge in [-0.25, -0.2) is 0 Å². The summed E-state index contributed by atoms with van der Waals surface area (Å²) < 4.78 is 1.94. The van der Waals surface area contributed by atoms with Gasteiger partial charge < -0.3 is 9.88 Å². The van der Waals surface area contributed by atoms with Crippen LogP contribution < -0.4 is 5.32 Å². The summed E-state index contributed by atoms with van der Waals surface area (Å²) >= 11 is 13.6. The van der Waals surface area contributed by atoms with E-state index in [1.807, 2.05) is 41.8 Å². The molecule has 5 nitrogen and oxygen atoms in total. The van der Waals surface area contributed by atoms with Crippen molar-refractivity contribution < 1.29 is 4.79 Å². The van der Waals surface area contributed by atoms with Crippen LogP contribution in [0.3, 0.4) is 0 Å². The number of aromatic nitrogens is 3. The van der Waals surface area contributed by atoms with Crippen molar-refractivity contribution in [2.75, 3.05) is 11.1 Å². The molecule has 3 aromatic rings. The third-order valence-corrected chi connectivity index (χ3v) is 5.91. The number of thioether (sulfide) groups is 1.